The second kappa shape index (κ2) is 3.97. The molecule has 0 aliphatic heterocycles. The molecule has 2 rings (SSSR count). The van der Waals surface area contributed by atoms with Gasteiger partial charge in [0.1, 0.15) is 12.0 Å². The summed E-state index contributed by atoms with van der Waals surface area (Å²) in [6, 6.07) is 5.83. The Morgan fingerprint density at radius 3 is 2.67 bits per heavy atom. The molecule has 0 spiro atoms. The first-order valence-corrected chi connectivity index (χ1v) is 5.81. The molecule has 3 heteroatoms. The molecular formula is C12H13BrO2. The number of halogens is 1. The minimum absolute atomic E-state index is 0.297. The van der Waals surface area contributed by atoms with Crippen molar-refractivity contribution in [3.8, 4) is 5.75 Å². The van der Waals surface area contributed by atoms with Gasteiger partial charge in [-0.3, -0.25) is 0 Å². The third-order valence-electron chi connectivity index (χ3n) is 3.17. The van der Waals surface area contributed by atoms with Crippen LogP contribution in [0.25, 0.3) is 0 Å². The molecule has 15 heavy (non-hydrogen) atoms. The highest BCUT2D eigenvalue weighted by Gasteiger charge is 2.40. The zero-order chi connectivity index (χ0) is 10.9. The van der Waals surface area contributed by atoms with Gasteiger partial charge < -0.3 is 9.53 Å². The van der Waals surface area contributed by atoms with Crippen molar-refractivity contribution < 1.29 is 9.53 Å². The zero-order valence-electron chi connectivity index (χ0n) is 8.63. The minimum atomic E-state index is -0.297. The standard InChI is InChI=1S/C12H13BrO2/c1-15-11-4-3-9(13)7-10(11)12(8-14)5-2-6-12/h3-4,7-8H,2,5-6H2,1H3. The van der Waals surface area contributed by atoms with E-state index in [1.165, 1.54) is 0 Å². The second-order valence-electron chi connectivity index (χ2n) is 3.97. The summed E-state index contributed by atoms with van der Waals surface area (Å²) < 4.78 is 6.30. The van der Waals surface area contributed by atoms with Crippen molar-refractivity contribution in [2.75, 3.05) is 7.11 Å². The Kier molecular flexibility index (Phi) is 2.83. The summed E-state index contributed by atoms with van der Waals surface area (Å²) in [5.41, 5.74) is 0.718. The number of carbonyl (C=O) groups is 1. The smallest absolute Gasteiger partial charge is 0.130 e. The number of carbonyl (C=O) groups excluding carboxylic acids is 1. The van der Waals surface area contributed by atoms with Crippen molar-refractivity contribution in [3.05, 3.63) is 28.2 Å². The molecule has 0 unspecified atom stereocenters. The molecule has 1 aliphatic carbocycles. The number of benzene rings is 1. The van der Waals surface area contributed by atoms with Crippen molar-refractivity contribution in [1.82, 2.24) is 0 Å². The zero-order valence-corrected chi connectivity index (χ0v) is 10.2. The van der Waals surface area contributed by atoms with Crippen molar-refractivity contribution in [2.24, 2.45) is 0 Å². The highest BCUT2D eigenvalue weighted by molar-refractivity contribution is 9.10. The highest BCUT2D eigenvalue weighted by Crippen LogP contribution is 2.46. The molecule has 1 fully saturated rings. The third-order valence-corrected chi connectivity index (χ3v) is 3.66. The lowest BCUT2D eigenvalue weighted by molar-refractivity contribution is -0.115. The van der Waals surface area contributed by atoms with E-state index in [9.17, 15) is 4.79 Å². The Hall–Kier alpha value is -0.830. The van der Waals surface area contributed by atoms with Gasteiger partial charge in [-0.2, -0.15) is 0 Å². The van der Waals surface area contributed by atoms with Crippen LogP contribution >= 0.6 is 15.9 Å². The maximum Gasteiger partial charge on any atom is 0.130 e. The van der Waals surface area contributed by atoms with Crippen LogP contribution in [-0.4, -0.2) is 13.4 Å². The van der Waals surface area contributed by atoms with Crippen LogP contribution in [0.15, 0.2) is 22.7 Å². The molecule has 0 amide bonds. The molecule has 0 N–H and O–H groups in total. The molecule has 80 valence electrons. The summed E-state index contributed by atoms with van der Waals surface area (Å²) in [7, 11) is 1.64. The van der Waals surface area contributed by atoms with Gasteiger partial charge in [0.15, 0.2) is 0 Å². The number of methoxy groups -OCH3 is 1. The first kappa shape index (κ1) is 10.7. The van der Waals surface area contributed by atoms with Crippen molar-refractivity contribution in [1.29, 1.82) is 0 Å². The first-order chi connectivity index (χ1) is 7.22. The second-order valence-corrected chi connectivity index (χ2v) is 4.89. The van der Waals surface area contributed by atoms with Crippen LogP contribution in [0.3, 0.4) is 0 Å². The Balaban J connectivity index is 2.49. The van der Waals surface area contributed by atoms with Gasteiger partial charge in [0.25, 0.3) is 0 Å². The lowest BCUT2D eigenvalue weighted by Gasteiger charge is -2.38. The lowest BCUT2D eigenvalue weighted by Crippen LogP contribution is -2.36. The van der Waals surface area contributed by atoms with Gasteiger partial charge in [0.05, 0.1) is 12.5 Å². The number of hydrogen-bond donors (Lipinski definition) is 0. The number of hydrogen-bond acceptors (Lipinski definition) is 2. The fourth-order valence-electron chi connectivity index (χ4n) is 2.08. The molecule has 0 atom stereocenters. The van der Waals surface area contributed by atoms with E-state index in [2.05, 4.69) is 15.9 Å². The predicted molar refractivity (Wildman–Crippen MR) is 62.3 cm³/mol. The average Bonchev–Trinajstić information content (AvgIpc) is 2.17. The van der Waals surface area contributed by atoms with E-state index in [0.29, 0.717) is 0 Å². The van der Waals surface area contributed by atoms with Crippen molar-refractivity contribution >= 4 is 22.2 Å². The van der Waals surface area contributed by atoms with E-state index in [1.807, 2.05) is 18.2 Å². The number of ether oxygens (including phenoxy) is 1. The van der Waals surface area contributed by atoms with Crippen molar-refractivity contribution in [3.63, 3.8) is 0 Å². The highest BCUT2D eigenvalue weighted by atomic mass is 79.9. The predicted octanol–water partition coefficient (Wildman–Crippen LogP) is 3.08. The summed E-state index contributed by atoms with van der Waals surface area (Å²) in [6.07, 6.45) is 4.06. The minimum Gasteiger partial charge on any atom is -0.496 e. The van der Waals surface area contributed by atoms with Gasteiger partial charge in [-0.1, -0.05) is 22.4 Å². The molecule has 0 aromatic heterocycles. The van der Waals surface area contributed by atoms with Crippen LogP contribution in [0.1, 0.15) is 24.8 Å². The van der Waals surface area contributed by atoms with E-state index < -0.39 is 0 Å². The molecule has 1 saturated carbocycles. The molecule has 1 aliphatic rings. The van der Waals surface area contributed by atoms with Gasteiger partial charge in [-0.25, -0.2) is 0 Å². The molecule has 0 heterocycles. The van der Waals surface area contributed by atoms with Crippen molar-refractivity contribution in [2.45, 2.75) is 24.7 Å². The fourth-order valence-corrected chi connectivity index (χ4v) is 2.44. The molecule has 0 bridgehead atoms. The van der Waals surface area contributed by atoms with Crippen LogP contribution in [0.5, 0.6) is 5.75 Å². The van der Waals surface area contributed by atoms with E-state index >= 15 is 0 Å². The summed E-state index contributed by atoms with van der Waals surface area (Å²) >= 11 is 3.43. The van der Waals surface area contributed by atoms with Crippen LogP contribution in [-0.2, 0) is 10.2 Å². The van der Waals surface area contributed by atoms with E-state index in [0.717, 1.165) is 41.3 Å². The Morgan fingerprint density at radius 1 is 1.47 bits per heavy atom. The van der Waals surface area contributed by atoms with Crippen LogP contribution in [0.2, 0.25) is 0 Å². The summed E-state index contributed by atoms with van der Waals surface area (Å²) in [5, 5.41) is 0. The van der Waals surface area contributed by atoms with Gasteiger partial charge in [-0.15, -0.1) is 0 Å². The molecule has 2 nitrogen and oxygen atoms in total. The summed E-state index contributed by atoms with van der Waals surface area (Å²) in [6.45, 7) is 0. The molecule has 1 aromatic rings. The number of aldehydes is 1. The van der Waals surface area contributed by atoms with Crippen LogP contribution in [0.4, 0.5) is 0 Å². The molecular weight excluding hydrogens is 256 g/mol. The van der Waals surface area contributed by atoms with Gasteiger partial charge in [0.2, 0.25) is 0 Å². The number of rotatable bonds is 3. The summed E-state index contributed by atoms with van der Waals surface area (Å²) in [4.78, 5) is 11.2. The van der Waals surface area contributed by atoms with Crippen LogP contribution in [0, 0.1) is 0 Å². The maximum atomic E-state index is 11.2. The molecule has 1 aromatic carbocycles. The van der Waals surface area contributed by atoms with Gasteiger partial charge in [-0.05, 0) is 31.0 Å². The normalized spacial score (nSPS) is 18.0. The lowest BCUT2D eigenvalue weighted by atomic mass is 9.65. The van der Waals surface area contributed by atoms with E-state index in [-0.39, 0.29) is 5.41 Å². The average molecular weight is 269 g/mol. The largest absolute Gasteiger partial charge is 0.496 e. The fraction of sp³-hybridized carbons (Fsp3) is 0.417. The quantitative estimate of drug-likeness (QED) is 0.788. The molecule has 0 saturated heterocycles. The van der Waals surface area contributed by atoms with E-state index in [4.69, 9.17) is 4.74 Å². The first-order valence-electron chi connectivity index (χ1n) is 5.02. The van der Waals surface area contributed by atoms with Crippen LogP contribution < -0.4 is 4.74 Å². The SMILES string of the molecule is COc1ccc(Br)cc1C1(C=O)CCC1. The Bertz CT molecular complexity index is 383. The van der Waals surface area contributed by atoms with E-state index in [1.54, 1.807) is 7.11 Å². The monoisotopic (exact) mass is 268 g/mol. The third kappa shape index (κ3) is 1.69. The maximum absolute atomic E-state index is 11.2. The molecule has 0 radical (unpaired) electrons. The topological polar surface area (TPSA) is 26.3 Å². The van der Waals surface area contributed by atoms with Gasteiger partial charge >= 0.3 is 0 Å². The summed E-state index contributed by atoms with van der Waals surface area (Å²) in [5.74, 6) is 0.810. The van der Waals surface area contributed by atoms with Gasteiger partial charge in [0, 0.05) is 10.0 Å². The Morgan fingerprint density at radius 2 is 2.20 bits per heavy atom. The Labute approximate surface area is 97.8 Å².